The minimum absolute atomic E-state index is 0.0687. The Morgan fingerprint density at radius 3 is 2.74 bits per heavy atom. The van der Waals surface area contributed by atoms with Crippen LogP contribution < -0.4 is 20.2 Å². The predicted molar refractivity (Wildman–Crippen MR) is 117 cm³/mol. The maximum Gasteiger partial charge on any atom is 0.287 e. The minimum atomic E-state index is -0.429. The number of hydrogen-bond donors (Lipinski definition) is 1. The van der Waals surface area contributed by atoms with E-state index >= 15 is 0 Å². The van der Waals surface area contributed by atoms with Crippen molar-refractivity contribution in [2.75, 3.05) is 40.4 Å². The molecule has 1 aromatic carbocycles. The molecule has 31 heavy (non-hydrogen) atoms. The van der Waals surface area contributed by atoms with E-state index in [2.05, 4.69) is 24.1 Å². The van der Waals surface area contributed by atoms with Crippen LogP contribution in [0, 0.1) is 11.8 Å². The van der Waals surface area contributed by atoms with Crippen molar-refractivity contribution in [3.63, 3.8) is 0 Å². The molecule has 3 heterocycles. The number of fused-ring (bicyclic) bond motifs is 2. The fourth-order valence-corrected chi connectivity index (χ4v) is 4.37. The lowest BCUT2D eigenvalue weighted by atomic mass is 10.1. The molecule has 1 fully saturated rings. The van der Waals surface area contributed by atoms with Crippen LogP contribution in [0.5, 0.6) is 11.5 Å². The Bertz CT molecular complexity index is 1160. The molecule has 4 rings (SSSR count). The van der Waals surface area contributed by atoms with E-state index in [0.717, 1.165) is 26.1 Å². The number of carbonyl (C=O) groups excluding carboxylic acids is 1. The molecule has 1 amide bonds. The van der Waals surface area contributed by atoms with E-state index in [4.69, 9.17) is 18.3 Å². The van der Waals surface area contributed by atoms with Gasteiger partial charge in [-0.15, -0.1) is 0 Å². The SMILES string of the molecule is COc1c2occc2c(OC)c2c(=O)cc(C(=O)NCC3CCN(CC(C)C)C3)oc12. The van der Waals surface area contributed by atoms with Gasteiger partial charge in [0.25, 0.3) is 5.91 Å². The maximum atomic E-state index is 12.9. The summed E-state index contributed by atoms with van der Waals surface area (Å²) in [6, 6.07) is 2.89. The normalized spacial score (nSPS) is 17.0. The lowest BCUT2D eigenvalue weighted by Gasteiger charge is -2.18. The average Bonchev–Trinajstić information content (AvgIpc) is 3.39. The predicted octanol–water partition coefficient (Wildman–Crippen LogP) is 3.26. The standard InChI is InChI=1S/C23H28N2O6/c1-13(2)11-25-7-5-14(12-25)10-24-23(27)17-9-16(26)18-19(28-3)15-6-8-30-20(15)22(29-4)21(18)31-17/h6,8-9,13-14H,5,7,10-12H2,1-4H3,(H,24,27). The topological polar surface area (TPSA) is 94.2 Å². The van der Waals surface area contributed by atoms with E-state index in [-0.39, 0.29) is 27.9 Å². The average molecular weight is 428 g/mol. The van der Waals surface area contributed by atoms with Gasteiger partial charge < -0.3 is 28.5 Å². The summed E-state index contributed by atoms with van der Waals surface area (Å²) in [4.78, 5) is 28.1. The van der Waals surface area contributed by atoms with Crippen molar-refractivity contribution >= 4 is 27.8 Å². The van der Waals surface area contributed by atoms with E-state index in [1.807, 2.05) is 0 Å². The number of nitrogens with zero attached hydrogens (tertiary/aromatic N) is 1. The fraction of sp³-hybridized carbons (Fsp3) is 0.478. The number of hydrogen-bond acceptors (Lipinski definition) is 7. The van der Waals surface area contributed by atoms with Crippen molar-refractivity contribution in [2.45, 2.75) is 20.3 Å². The first-order valence-electron chi connectivity index (χ1n) is 10.5. The quantitative estimate of drug-likeness (QED) is 0.617. The van der Waals surface area contributed by atoms with E-state index in [1.165, 1.54) is 26.5 Å². The van der Waals surface area contributed by atoms with Crippen LogP contribution in [0.15, 0.2) is 32.0 Å². The van der Waals surface area contributed by atoms with Crippen LogP contribution in [0.4, 0.5) is 0 Å². The molecule has 8 nitrogen and oxygen atoms in total. The number of carbonyl (C=O) groups is 1. The maximum absolute atomic E-state index is 12.9. The van der Waals surface area contributed by atoms with Crippen LogP contribution in [0.25, 0.3) is 21.9 Å². The van der Waals surface area contributed by atoms with Crippen molar-refractivity contribution in [3.8, 4) is 11.5 Å². The molecule has 0 spiro atoms. The van der Waals surface area contributed by atoms with Crippen LogP contribution >= 0.6 is 0 Å². The molecular formula is C23H28N2O6. The number of amides is 1. The van der Waals surface area contributed by atoms with Gasteiger partial charge in [0.15, 0.2) is 22.4 Å². The van der Waals surface area contributed by atoms with Gasteiger partial charge in [0.05, 0.1) is 25.9 Å². The van der Waals surface area contributed by atoms with Crippen LogP contribution in [-0.4, -0.2) is 51.2 Å². The molecule has 1 aliphatic heterocycles. The number of benzene rings is 1. The highest BCUT2D eigenvalue weighted by atomic mass is 16.5. The lowest BCUT2D eigenvalue weighted by Crippen LogP contribution is -2.32. The summed E-state index contributed by atoms with van der Waals surface area (Å²) < 4.78 is 22.3. The van der Waals surface area contributed by atoms with Gasteiger partial charge in [-0.1, -0.05) is 13.8 Å². The fourth-order valence-electron chi connectivity index (χ4n) is 4.37. The Balaban J connectivity index is 1.61. The van der Waals surface area contributed by atoms with E-state index < -0.39 is 5.91 Å². The van der Waals surface area contributed by atoms with Gasteiger partial charge in [-0.25, -0.2) is 0 Å². The summed E-state index contributed by atoms with van der Waals surface area (Å²) in [6.45, 7) is 8.01. The number of rotatable bonds is 7. The zero-order valence-electron chi connectivity index (χ0n) is 18.3. The molecule has 0 bridgehead atoms. The van der Waals surface area contributed by atoms with Gasteiger partial charge in [0.2, 0.25) is 5.75 Å². The number of likely N-dealkylation sites (tertiary alicyclic amines) is 1. The Labute approximate surface area is 180 Å². The van der Waals surface area contributed by atoms with Gasteiger partial charge in [0.1, 0.15) is 11.1 Å². The Kier molecular flexibility index (Phi) is 5.91. The molecule has 1 N–H and O–H groups in total. The highest BCUT2D eigenvalue weighted by molar-refractivity contribution is 6.07. The summed E-state index contributed by atoms with van der Waals surface area (Å²) >= 11 is 0. The zero-order chi connectivity index (χ0) is 22.1. The van der Waals surface area contributed by atoms with Crippen LogP contribution in [0.2, 0.25) is 0 Å². The zero-order valence-corrected chi connectivity index (χ0v) is 18.3. The largest absolute Gasteiger partial charge is 0.495 e. The summed E-state index contributed by atoms with van der Waals surface area (Å²) in [5, 5.41) is 3.72. The van der Waals surface area contributed by atoms with Crippen LogP contribution in [0.3, 0.4) is 0 Å². The van der Waals surface area contributed by atoms with Crippen LogP contribution in [-0.2, 0) is 0 Å². The number of ether oxygens (including phenoxy) is 2. The summed E-state index contributed by atoms with van der Waals surface area (Å²) in [6.07, 6.45) is 2.52. The molecule has 1 saturated heterocycles. The molecular weight excluding hydrogens is 400 g/mol. The second-order valence-electron chi connectivity index (χ2n) is 8.43. The molecule has 1 aliphatic rings. The van der Waals surface area contributed by atoms with Crippen molar-refractivity contribution in [1.29, 1.82) is 0 Å². The third-order valence-corrected chi connectivity index (χ3v) is 5.67. The Morgan fingerprint density at radius 2 is 2.03 bits per heavy atom. The Morgan fingerprint density at radius 1 is 1.26 bits per heavy atom. The smallest absolute Gasteiger partial charge is 0.287 e. The van der Waals surface area contributed by atoms with Gasteiger partial charge >= 0.3 is 0 Å². The first-order chi connectivity index (χ1) is 14.9. The molecule has 0 saturated carbocycles. The van der Waals surface area contributed by atoms with Gasteiger partial charge in [-0.3, -0.25) is 9.59 Å². The Hall–Kier alpha value is -3.00. The molecule has 1 atom stereocenters. The molecule has 0 aliphatic carbocycles. The third-order valence-electron chi connectivity index (χ3n) is 5.67. The molecule has 8 heteroatoms. The van der Waals surface area contributed by atoms with Crippen LogP contribution in [0.1, 0.15) is 30.8 Å². The molecule has 3 aromatic rings. The number of furan rings is 1. The summed E-state index contributed by atoms with van der Waals surface area (Å²) in [5.41, 5.74) is 0.140. The first kappa shape index (κ1) is 21.2. The van der Waals surface area contributed by atoms with Crippen molar-refractivity contribution in [2.24, 2.45) is 11.8 Å². The second kappa shape index (κ2) is 8.63. The van der Waals surface area contributed by atoms with E-state index in [9.17, 15) is 9.59 Å². The highest BCUT2D eigenvalue weighted by Gasteiger charge is 2.26. The lowest BCUT2D eigenvalue weighted by molar-refractivity contribution is 0.0919. The molecule has 0 radical (unpaired) electrons. The van der Waals surface area contributed by atoms with Gasteiger partial charge in [0, 0.05) is 25.7 Å². The van der Waals surface area contributed by atoms with Gasteiger partial charge in [-0.05, 0) is 30.9 Å². The molecule has 166 valence electrons. The third kappa shape index (κ3) is 3.99. The van der Waals surface area contributed by atoms with Crippen molar-refractivity contribution in [3.05, 3.63) is 34.4 Å². The van der Waals surface area contributed by atoms with Crippen molar-refractivity contribution in [1.82, 2.24) is 10.2 Å². The van der Waals surface area contributed by atoms with E-state index in [0.29, 0.717) is 35.1 Å². The number of nitrogens with one attached hydrogen (secondary N) is 1. The molecule has 2 aromatic heterocycles. The van der Waals surface area contributed by atoms with Crippen molar-refractivity contribution < 1.29 is 23.1 Å². The summed E-state index contributed by atoms with van der Waals surface area (Å²) in [5.74, 6) is 1.09. The second-order valence-corrected chi connectivity index (χ2v) is 8.43. The van der Waals surface area contributed by atoms with E-state index in [1.54, 1.807) is 6.07 Å². The molecule has 1 unspecified atom stereocenters. The monoisotopic (exact) mass is 428 g/mol. The summed E-state index contributed by atoms with van der Waals surface area (Å²) in [7, 11) is 2.93. The number of methoxy groups -OCH3 is 2. The minimum Gasteiger partial charge on any atom is -0.495 e. The first-order valence-corrected chi connectivity index (χ1v) is 10.5. The highest BCUT2D eigenvalue weighted by Crippen LogP contribution is 2.41. The van der Waals surface area contributed by atoms with Gasteiger partial charge in [-0.2, -0.15) is 0 Å².